The lowest BCUT2D eigenvalue weighted by atomic mass is 10.1. The fourth-order valence-corrected chi connectivity index (χ4v) is 3.27. The van der Waals surface area contributed by atoms with Crippen molar-refractivity contribution in [2.75, 3.05) is 25.1 Å². The number of amides is 1. The number of benzene rings is 1. The molecule has 1 aromatic carbocycles. The van der Waals surface area contributed by atoms with Gasteiger partial charge in [0.15, 0.2) is 11.2 Å². The van der Waals surface area contributed by atoms with E-state index in [0.29, 0.717) is 30.3 Å². The van der Waals surface area contributed by atoms with Crippen LogP contribution in [0.5, 0.6) is 0 Å². The Morgan fingerprint density at radius 2 is 2.26 bits per heavy atom. The number of rotatable bonds is 4. The first-order chi connectivity index (χ1) is 11.1. The highest BCUT2D eigenvalue weighted by Gasteiger charge is 2.24. The second kappa shape index (κ2) is 7.16. The van der Waals surface area contributed by atoms with Gasteiger partial charge in [-0.3, -0.25) is 10.1 Å². The number of halogens is 1. The highest BCUT2D eigenvalue weighted by molar-refractivity contribution is 7.15. The van der Waals surface area contributed by atoms with Gasteiger partial charge < -0.3 is 9.47 Å². The highest BCUT2D eigenvalue weighted by Crippen LogP contribution is 2.26. The van der Waals surface area contributed by atoms with Crippen molar-refractivity contribution in [1.29, 1.82) is 0 Å². The molecule has 0 unspecified atom stereocenters. The van der Waals surface area contributed by atoms with E-state index < -0.39 is 6.10 Å². The van der Waals surface area contributed by atoms with Crippen LogP contribution in [0.4, 0.5) is 9.52 Å². The maximum Gasteiger partial charge on any atom is 0.257 e. The lowest BCUT2D eigenvalue weighted by molar-refractivity contribution is -0.142. The maximum atomic E-state index is 13.8. The molecule has 5 nitrogen and oxygen atoms in total. The van der Waals surface area contributed by atoms with E-state index in [1.807, 2.05) is 6.92 Å². The average Bonchev–Trinajstić information content (AvgIpc) is 2.90. The van der Waals surface area contributed by atoms with Crippen LogP contribution in [0, 0.1) is 12.7 Å². The Balaban J connectivity index is 1.68. The van der Waals surface area contributed by atoms with Crippen LogP contribution in [-0.4, -0.2) is 36.8 Å². The molecule has 0 spiro atoms. The Morgan fingerprint density at radius 1 is 1.43 bits per heavy atom. The van der Waals surface area contributed by atoms with Gasteiger partial charge in [-0.1, -0.05) is 18.2 Å². The van der Waals surface area contributed by atoms with Crippen molar-refractivity contribution in [3.63, 3.8) is 0 Å². The quantitative estimate of drug-likeness (QED) is 0.932. The predicted octanol–water partition coefficient (Wildman–Crippen LogP) is 2.54. The Morgan fingerprint density at radius 3 is 3.00 bits per heavy atom. The number of carbonyl (C=O) groups excluding carboxylic acids is 1. The van der Waals surface area contributed by atoms with Gasteiger partial charge in [0, 0.05) is 11.3 Å². The van der Waals surface area contributed by atoms with Gasteiger partial charge in [0.25, 0.3) is 5.91 Å². The average molecular weight is 336 g/mol. The van der Waals surface area contributed by atoms with Crippen LogP contribution in [0.3, 0.4) is 0 Å². The number of thiazole rings is 1. The van der Waals surface area contributed by atoms with E-state index in [1.165, 1.54) is 17.4 Å². The highest BCUT2D eigenvalue weighted by atomic mass is 32.1. The summed E-state index contributed by atoms with van der Waals surface area (Å²) >= 11 is 1.35. The number of anilines is 1. The normalized spacial score (nSPS) is 17.9. The van der Waals surface area contributed by atoms with Crippen LogP contribution in [0.2, 0.25) is 0 Å². The largest absolute Gasteiger partial charge is 0.376 e. The van der Waals surface area contributed by atoms with Crippen molar-refractivity contribution in [2.24, 2.45) is 0 Å². The Bertz CT molecular complexity index is 698. The zero-order valence-electron chi connectivity index (χ0n) is 12.7. The number of hydrogen-bond acceptors (Lipinski definition) is 5. The second-order valence-electron chi connectivity index (χ2n) is 5.22. The first kappa shape index (κ1) is 16.0. The molecule has 1 aliphatic rings. The summed E-state index contributed by atoms with van der Waals surface area (Å²) in [7, 11) is 0. The molecule has 1 saturated heterocycles. The lowest BCUT2D eigenvalue weighted by Gasteiger charge is -2.21. The van der Waals surface area contributed by atoms with Crippen LogP contribution in [-0.2, 0) is 20.7 Å². The number of carbonyl (C=O) groups is 1. The molecule has 7 heteroatoms. The topological polar surface area (TPSA) is 60.5 Å². The summed E-state index contributed by atoms with van der Waals surface area (Å²) in [5.74, 6) is -0.505. The first-order valence-corrected chi connectivity index (χ1v) is 8.15. The number of aromatic nitrogens is 1. The third-order valence-electron chi connectivity index (χ3n) is 3.54. The van der Waals surface area contributed by atoms with Crippen molar-refractivity contribution < 1.29 is 18.7 Å². The molecule has 0 saturated carbocycles. The number of nitrogens with one attached hydrogen (secondary N) is 1. The van der Waals surface area contributed by atoms with Gasteiger partial charge in [0.05, 0.1) is 25.5 Å². The summed E-state index contributed by atoms with van der Waals surface area (Å²) in [5, 5.41) is 3.24. The van der Waals surface area contributed by atoms with Gasteiger partial charge >= 0.3 is 0 Å². The molecule has 0 radical (unpaired) electrons. The van der Waals surface area contributed by atoms with Crippen molar-refractivity contribution in [1.82, 2.24) is 4.98 Å². The lowest BCUT2D eigenvalue weighted by Crippen LogP contribution is -2.39. The molecule has 1 N–H and O–H groups in total. The smallest absolute Gasteiger partial charge is 0.257 e. The molecule has 23 heavy (non-hydrogen) atoms. The number of nitrogens with zero attached hydrogens (tertiary/aromatic N) is 1. The van der Waals surface area contributed by atoms with E-state index >= 15 is 0 Å². The number of hydrogen-bond donors (Lipinski definition) is 1. The van der Waals surface area contributed by atoms with Gasteiger partial charge in [0.1, 0.15) is 5.82 Å². The summed E-state index contributed by atoms with van der Waals surface area (Å²) in [6.45, 7) is 3.02. The SMILES string of the molecule is Cc1nc(NC(=O)[C@H]2COCCO2)sc1Cc1ccccc1F. The number of aryl methyl sites for hydroxylation is 1. The molecule has 2 aromatic rings. The van der Waals surface area contributed by atoms with Crippen LogP contribution < -0.4 is 5.32 Å². The monoisotopic (exact) mass is 336 g/mol. The minimum absolute atomic E-state index is 0.237. The first-order valence-electron chi connectivity index (χ1n) is 7.33. The van der Waals surface area contributed by atoms with Crippen molar-refractivity contribution in [2.45, 2.75) is 19.4 Å². The van der Waals surface area contributed by atoms with E-state index in [9.17, 15) is 9.18 Å². The van der Waals surface area contributed by atoms with Crippen LogP contribution in [0.15, 0.2) is 24.3 Å². The van der Waals surface area contributed by atoms with Crippen molar-refractivity contribution in [3.8, 4) is 0 Å². The molecule has 1 amide bonds. The standard InChI is InChI=1S/C16H17FN2O3S/c1-10-14(8-11-4-2-3-5-12(11)17)23-16(18-10)19-15(20)13-9-21-6-7-22-13/h2-5,13H,6-9H2,1H3,(H,18,19,20)/t13-/m1/s1. The molecule has 1 aliphatic heterocycles. The van der Waals surface area contributed by atoms with Crippen molar-refractivity contribution in [3.05, 3.63) is 46.2 Å². The number of ether oxygens (including phenoxy) is 2. The zero-order chi connectivity index (χ0) is 16.2. The second-order valence-corrected chi connectivity index (χ2v) is 6.30. The van der Waals surface area contributed by atoms with Crippen LogP contribution in [0.1, 0.15) is 16.1 Å². The van der Waals surface area contributed by atoms with Gasteiger partial charge in [-0.15, -0.1) is 11.3 Å². The molecule has 0 aliphatic carbocycles. The summed E-state index contributed by atoms with van der Waals surface area (Å²) in [5.41, 5.74) is 1.40. The minimum atomic E-state index is -0.608. The van der Waals surface area contributed by atoms with E-state index in [4.69, 9.17) is 9.47 Å². The van der Waals surface area contributed by atoms with Gasteiger partial charge in [-0.25, -0.2) is 9.37 Å². The zero-order valence-corrected chi connectivity index (χ0v) is 13.5. The molecule has 2 heterocycles. The fraction of sp³-hybridized carbons (Fsp3) is 0.375. The predicted molar refractivity (Wildman–Crippen MR) is 85.2 cm³/mol. The third kappa shape index (κ3) is 3.93. The van der Waals surface area contributed by atoms with Crippen molar-refractivity contribution >= 4 is 22.4 Å². The van der Waals surface area contributed by atoms with E-state index in [-0.39, 0.29) is 18.3 Å². The molecule has 1 fully saturated rings. The summed E-state index contributed by atoms with van der Waals surface area (Å²) in [6, 6.07) is 6.66. The molecule has 0 bridgehead atoms. The van der Waals surface area contributed by atoms with Crippen LogP contribution in [0.25, 0.3) is 0 Å². The molecular weight excluding hydrogens is 319 g/mol. The van der Waals surface area contributed by atoms with Gasteiger partial charge in [0.2, 0.25) is 0 Å². The van der Waals surface area contributed by atoms with E-state index in [1.54, 1.807) is 18.2 Å². The van der Waals surface area contributed by atoms with E-state index in [0.717, 1.165) is 10.6 Å². The Hall–Kier alpha value is -1.83. The van der Waals surface area contributed by atoms with Crippen LogP contribution >= 0.6 is 11.3 Å². The fourth-order valence-electron chi connectivity index (χ4n) is 2.29. The Labute approximate surface area is 137 Å². The summed E-state index contributed by atoms with van der Waals surface area (Å²) < 4.78 is 24.3. The maximum absolute atomic E-state index is 13.8. The summed E-state index contributed by atoms with van der Waals surface area (Å²) in [6.07, 6.45) is -0.155. The molecule has 1 atom stereocenters. The molecular formula is C16H17FN2O3S. The molecule has 1 aromatic heterocycles. The Kier molecular flexibility index (Phi) is 5.00. The molecule has 3 rings (SSSR count). The molecule has 122 valence electrons. The van der Waals surface area contributed by atoms with E-state index in [2.05, 4.69) is 10.3 Å². The minimum Gasteiger partial charge on any atom is -0.376 e. The van der Waals surface area contributed by atoms with Gasteiger partial charge in [-0.05, 0) is 18.6 Å². The summed E-state index contributed by atoms with van der Waals surface area (Å²) in [4.78, 5) is 17.4. The third-order valence-corrected chi connectivity index (χ3v) is 4.61. The van der Waals surface area contributed by atoms with Gasteiger partial charge in [-0.2, -0.15) is 0 Å².